The number of carbonyl (C=O) groups is 1. The van der Waals surface area contributed by atoms with Crippen molar-refractivity contribution in [1.29, 1.82) is 0 Å². The van der Waals surface area contributed by atoms with Gasteiger partial charge in [-0.1, -0.05) is 0 Å². The maximum atomic E-state index is 12.8. The average molecular weight is 306 g/mol. The predicted octanol–water partition coefficient (Wildman–Crippen LogP) is 0.608. The molecule has 2 saturated heterocycles. The van der Waals surface area contributed by atoms with Gasteiger partial charge in [-0.2, -0.15) is 5.10 Å². The van der Waals surface area contributed by atoms with E-state index in [4.69, 9.17) is 4.74 Å². The van der Waals surface area contributed by atoms with Gasteiger partial charge in [0.1, 0.15) is 0 Å². The van der Waals surface area contributed by atoms with Gasteiger partial charge in [0.2, 0.25) is 5.91 Å². The zero-order valence-corrected chi connectivity index (χ0v) is 13.5. The minimum Gasteiger partial charge on any atom is -0.381 e. The molecule has 0 saturated carbocycles. The number of rotatable bonds is 4. The highest BCUT2D eigenvalue weighted by Crippen LogP contribution is 2.29. The van der Waals surface area contributed by atoms with E-state index in [1.54, 1.807) is 4.68 Å². The van der Waals surface area contributed by atoms with Crippen LogP contribution in [0.4, 0.5) is 0 Å². The first kappa shape index (κ1) is 15.5. The Morgan fingerprint density at radius 2 is 2.41 bits per heavy atom. The topological polar surface area (TPSA) is 59.4 Å². The first-order chi connectivity index (χ1) is 10.6. The number of amides is 1. The molecular weight excluding hydrogens is 280 g/mol. The van der Waals surface area contributed by atoms with Crippen molar-refractivity contribution < 1.29 is 9.53 Å². The van der Waals surface area contributed by atoms with Gasteiger partial charge in [0.15, 0.2) is 0 Å². The predicted molar refractivity (Wildman–Crippen MR) is 83.5 cm³/mol. The molecule has 2 fully saturated rings. The Labute approximate surface area is 131 Å². The van der Waals surface area contributed by atoms with Gasteiger partial charge in [-0.15, -0.1) is 0 Å². The van der Waals surface area contributed by atoms with Gasteiger partial charge >= 0.3 is 0 Å². The van der Waals surface area contributed by atoms with Gasteiger partial charge in [-0.05, 0) is 24.3 Å². The molecule has 2 aliphatic heterocycles. The maximum absolute atomic E-state index is 12.8. The summed E-state index contributed by atoms with van der Waals surface area (Å²) in [6, 6.07) is 0. The monoisotopic (exact) mass is 306 g/mol. The van der Waals surface area contributed by atoms with Crippen LogP contribution in [0.5, 0.6) is 0 Å². The Kier molecular flexibility index (Phi) is 4.78. The second-order valence-electron chi connectivity index (χ2n) is 6.62. The van der Waals surface area contributed by atoms with Crippen LogP contribution in [0.25, 0.3) is 0 Å². The molecule has 122 valence electrons. The van der Waals surface area contributed by atoms with Crippen molar-refractivity contribution >= 4 is 5.91 Å². The largest absolute Gasteiger partial charge is 0.381 e. The van der Waals surface area contributed by atoms with E-state index >= 15 is 0 Å². The van der Waals surface area contributed by atoms with E-state index in [-0.39, 0.29) is 17.7 Å². The van der Waals surface area contributed by atoms with E-state index in [0.29, 0.717) is 5.92 Å². The van der Waals surface area contributed by atoms with E-state index in [1.165, 1.54) is 0 Å². The third-order valence-corrected chi connectivity index (χ3v) is 4.85. The smallest absolute Gasteiger partial charge is 0.227 e. The minimum absolute atomic E-state index is 0.0127. The summed E-state index contributed by atoms with van der Waals surface area (Å²) in [5, 5.41) is 7.60. The number of nitrogens with one attached hydrogen (secondary N) is 1. The highest BCUT2D eigenvalue weighted by atomic mass is 16.5. The van der Waals surface area contributed by atoms with Crippen molar-refractivity contribution in [3.05, 3.63) is 18.0 Å². The summed E-state index contributed by atoms with van der Waals surface area (Å²) < 4.78 is 7.32. The highest BCUT2D eigenvalue weighted by Gasteiger charge is 2.36. The lowest BCUT2D eigenvalue weighted by molar-refractivity contribution is -0.135. The molecule has 1 aromatic rings. The number of ether oxygens (including phenoxy) is 1. The maximum Gasteiger partial charge on any atom is 0.227 e. The van der Waals surface area contributed by atoms with Crippen molar-refractivity contribution in [1.82, 2.24) is 20.0 Å². The Morgan fingerprint density at radius 3 is 3.09 bits per heavy atom. The molecule has 0 spiro atoms. The molecule has 0 aliphatic carbocycles. The van der Waals surface area contributed by atoms with Crippen LogP contribution in [-0.4, -0.2) is 60.5 Å². The van der Waals surface area contributed by atoms with E-state index in [1.807, 2.05) is 31.4 Å². The summed E-state index contributed by atoms with van der Waals surface area (Å²) in [7, 11) is 3.84. The van der Waals surface area contributed by atoms with Gasteiger partial charge in [0.25, 0.3) is 0 Å². The lowest BCUT2D eigenvalue weighted by Crippen LogP contribution is -2.40. The summed E-state index contributed by atoms with van der Waals surface area (Å²) in [6.07, 6.45) is 6.17. The van der Waals surface area contributed by atoms with Crippen LogP contribution >= 0.6 is 0 Å². The van der Waals surface area contributed by atoms with Gasteiger partial charge in [-0.3, -0.25) is 9.48 Å². The van der Waals surface area contributed by atoms with E-state index in [2.05, 4.69) is 10.4 Å². The fourth-order valence-electron chi connectivity index (χ4n) is 3.63. The minimum atomic E-state index is 0.0127. The third-order valence-electron chi connectivity index (χ3n) is 4.85. The summed E-state index contributed by atoms with van der Waals surface area (Å²) in [5.41, 5.74) is 1.15. The fourth-order valence-corrected chi connectivity index (χ4v) is 3.63. The molecule has 1 amide bonds. The third kappa shape index (κ3) is 3.33. The van der Waals surface area contributed by atoms with Gasteiger partial charge in [0.05, 0.1) is 18.7 Å². The Morgan fingerprint density at radius 1 is 1.55 bits per heavy atom. The summed E-state index contributed by atoms with van der Waals surface area (Å²) in [6.45, 7) is 4.05. The van der Waals surface area contributed by atoms with Crippen molar-refractivity contribution in [2.45, 2.75) is 18.8 Å². The molecule has 3 atom stereocenters. The number of nitrogens with zero attached hydrogens (tertiary/aromatic N) is 3. The van der Waals surface area contributed by atoms with Crippen molar-refractivity contribution in [2.24, 2.45) is 18.9 Å². The lowest BCUT2D eigenvalue weighted by Gasteiger charge is -2.29. The van der Waals surface area contributed by atoms with Crippen LogP contribution in [0.15, 0.2) is 12.4 Å². The molecule has 22 heavy (non-hydrogen) atoms. The number of aryl methyl sites for hydroxylation is 1. The molecule has 0 radical (unpaired) electrons. The van der Waals surface area contributed by atoms with Crippen molar-refractivity contribution in [3.8, 4) is 0 Å². The fraction of sp³-hybridized carbons (Fsp3) is 0.750. The molecule has 1 N–H and O–H groups in total. The van der Waals surface area contributed by atoms with Gasteiger partial charge < -0.3 is 15.0 Å². The molecule has 1 unspecified atom stereocenters. The van der Waals surface area contributed by atoms with E-state index in [9.17, 15) is 4.79 Å². The quantitative estimate of drug-likeness (QED) is 0.885. The summed E-state index contributed by atoms with van der Waals surface area (Å²) >= 11 is 0. The van der Waals surface area contributed by atoms with Crippen LogP contribution in [0.3, 0.4) is 0 Å². The van der Waals surface area contributed by atoms with Gasteiger partial charge in [0, 0.05) is 52.5 Å². The van der Waals surface area contributed by atoms with Crippen LogP contribution in [0.1, 0.15) is 24.3 Å². The molecule has 3 heterocycles. The average Bonchev–Trinajstić information content (AvgIpc) is 3.15. The second-order valence-corrected chi connectivity index (χ2v) is 6.62. The zero-order valence-electron chi connectivity index (χ0n) is 13.5. The van der Waals surface area contributed by atoms with Crippen LogP contribution in [0, 0.1) is 11.8 Å². The normalized spacial score (nSPS) is 28.7. The summed E-state index contributed by atoms with van der Waals surface area (Å²) in [4.78, 5) is 14.7. The number of hydrogen-bond donors (Lipinski definition) is 1. The van der Waals surface area contributed by atoms with Crippen LogP contribution < -0.4 is 5.32 Å². The first-order valence-corrected chi connectivity index (χ1v) is 8.17. The SMILES string of the molecule is CN(CC1CCCOC1)C(=O)[C@H]1CNC[C@@H]1c1cnn(C)c1. The number of aromatic nitrogens is 2. The molecular formula is C16H26N4O2. The van der Waals surface area contributed by atoms with Gasteiger partial charge in [-0.25, -0.2) is 0 Å². The standard InChI is InChI=1S/C16H26N4O2/c1-19(9-12-4-3-5-22-11-12)16(21)15-8-17-7-14(15)13-6-18-20(2)10-13/h6,10,12,14-15,17H,3-5,7-9,11H2,1-2H3/t12?,14-,15+/m1/s1. The molecule has 1 aromatic heterocycles. The molecule has 0 aromatic carbocycles. The van der Waals surface area contributed by atoms with E-state index < -0.39 is 0 Å². The molecule has 0 bridgehead atoms. The van der Waals surface area contributed by atoms with Crippen molar-refractivity contribution in [3.63, 3.8) is 0 Å². The number of carbonyl (C=O) groups excluding carboxylic acids is 1. The molecule has 6 nitrogen and oxygen atoms in total. The first-order valence-electron chi connectivity index (χ1n) is 8.17. The zero-order chi connectivity index (χ0) is 15.5. The van der Waals surface area contributed by atoms with Crippen LogP contribution in [0.2, 0.25) is 0 Å². The Hall–Kier alpha value is -1.40. The van der Waals surface area contributed by atoms with Crippen LogP contribution in [-0.2, 0) is 16.6 Å². The Balaban J connectivity index is 1.62. The molecule has 3 rings (SSSR count). The number of hydrogen-bond acceptors (Lipinski definition) is 4. The molecule has 6 heteroatoms. The second kappa shape index (κ2) is 6.79. The summed E-state index contributed by atoms with van der Waals surface area (Å²) in [5.74, 6) is 0.961. The highest BCUT2D eigenvalue weighted by molar-refractivity contribution is 5.80. The molecule has 2 aliphatic rings. The Bertz CT molecular complexity index is 510. The van der Waals surface area contributed by atoms with Crippen molar-refractivity contribution in [2.75, 3.05) is 39.9 Å². The lowest BCUT2D eigenvalue weighted by atomic mass is 9.89. The van der Waals surface area contributed by atoms with E-state index in [0.717, 1.165) is 51.3 Å².